The third kappa shape index (κ3) is 6.96. The third-order valence-electron chi connectivity index (χ3n) is 14.4. The monoisotopic (exact) mass is 852 g/mol. The first-order valence-electron chi connectivity index (χ1n) is 24.0. The molecule has 2 atom stereocenters. The molecule has 1 aromatic heterocycles. The molecule has 0 saturated carbocycles. The summed E-state index contributed by atoms with van der Waals surface area (Å²) in [6, 6.07) is 30.5. The SMILES string of the molecule is [2H]C1([2H])C[C@@]2(C)N=C(c3cc(Oc4cc(C)cc(N5c6ccc(C(C)(C)C)cc6C(C)(C)c6cccnc65)c4)cc(-c4c(C)cc(C)cc4C)c3)O[C@@]2(C)c2cc(C)c(C(C)(C)C)c(C)c21. The first kappa shape index (κ1) is 41.1. The van der Waals surface area contributed by atoms with Crippen molar-refractivity contribution in [1.82, 2.24) is 4.98 Å². The number of aryl methyl sites for hydroxylation is 5. The molecule has 0 bridgehead atoms. The van der Waals surface area contributed by atoms with Crippen molar-refractivity contribution in [3.63, 3.8) is 0 Å². The van der Waals surface area contributed by atoms with Crippen LogP contribution in [0.3, 0.4) is 0 Å². The molecule has 0 amide bonds. The van der Waals surface area contributed by atoms with Crippen molar-refractivity contribution in [2.24, 2.45) is 4.99 Å². The molecule has 0 unspecified atom stereocenters. The summed E-state index contributed by atoms with van der Waals surface area (Å²) in [5, 5.41) is 0. The normalized spacial score (nSPS) is 21.1. The van der Waals surface area contributed by atoms with Gasteiger partial charge in [-0.15, -0.1) is 0 Å². The maximum atomic E-state index is 9.58. The molecule has 3 aliphatic rings. The lowest BCUT2D eigenvalue weighted by Gasteiger charge is -2.44. The van der Waals surface area contributed by atoms with Gasteiger partial charge in [0.1, 0.15) is 22.9 Å². The van der Waals surface area contributed by atoms with Gasteiger partial charge < -0.3 is 9.47 Å². The highest BCUT2D eigenvalue weighted by molar-refractivity contribution is 5.98. The Balaban J connectivity index is 1.18. The Hall–Kier alpha value is -5.68. The topological polar surface area (TPSA) is 47.0 Å². The summed E-state index contributed by atoms with van der Waals surface area (Å²) in [6.45, 7) is 35.0. The molecule has 330 valence electrons. The van der Waals surface area contributed by atoms with E-state index in [0.717, 1.165) is 61.7 Å². The molecule has 0 N–H and O–H groups in total. The number of anilines is 3. The molecule has 0 saturated heterocycles. The Bertz CT molecular complexity index is 3020. The number of hydrogen-bond donors (Lipinski definition) is 0. The summed E-state index contributed by atoms with van der Waals surface area (Å²) in [5.74, 6) is 2.75. The van der Waals surface area contributed by atoms with Crippen LogP contribution in [-0.2, 0) is 33.0 Å². The molecule has 1 aliphatic carbocycles. The van der Waals surface area contributed by atoms with E-state index in [4.69, 9.17) is 19.5 Å². The number of ether oxygens (including phenoxy) is 2. The van der Waals surface area contributed by atoms with Crippen molar-refractivity contribution >= 4 is 23.1 Å². The smallest absolute Gasteiger partial charge is 0.217 e. The van der Waals surface area contributed by atoms with Crippen molar-refractivity contribution in [3.05, 3.63) is 163 Å². The van der Waals surface area contributed by atoms with Crippen molar-refractivity contribution in [2.75, 3.05) is 4.90 Å². The van der Waals surface area contributed by atoms with Gasteiger partial charge >= 0.3 is 0 Å². The van der Waals surface area contributed by atoms with Crippen LogP contribution in [0.5, 0.6) is 11.5 Å². The maximum absolute atomic E-state index is 9.58. The van der Waals surface area contributed by atoms with Crippen LogP contribution in [0, 0.1) is 41.5 Å². The van der Waals surface area contributed by atoms with Gasteiger partial charge in [-0.3, -0.25) is 4.90 Å². The molecule has 5 nitrogen and oxygen atoms in total. The lowest BCUT2D eigenvalue weighted by Crippen LogP contribution is -2.48. The Morgan fingerprint density at radius 2 is 1.36 bits per heavy atom. The lowest BCUT2D eigenvalue weighted by molar-refractivity contribution is 0.0178. The summed E-state index contributed by atoms with van der Waals surface area (Å²) < 4.78 is 33.4. The molecule has 0 radical (unpaired) electrons. The van der Waals surface area contributed by atoms with E-state index >= 15 is 0 Å². The number of rotatable bonds is 5. The second-order valence-electron chi connectivity index (χ2n) is 22.0. The average Bonchev–Trinajstić information content (AvgIpc) is 3.46. The third-order valence-corrected chi connectivity index (χ3v) is 14.4. The van der Waals surface area contributed by atoms with Crippen molar-refractivity contribution in [2.45, 2.75) is 151 Å². The predicted molar refractivity (Wildman–Crippen MR) is 267 cm³/mol. The van der Waals surface area contributed by atoms with Crippen molar-refractivity contribution in [1.29, 1.82) is 0 Å². The zero-order valence-electron chi connectivity index (χ0n) is 43.0. The fraction of sp³-hybridized carbons (Fsp3) is 0.390. The summed E-state index contributed by atoms with van der Waals surface area (Å²) >= 11 is 0. The Labute approximate surface area is 385 Å². The fourth-order valence-electron chi connectivity index (χ4n) is 11.2. The van der Waals surface area contributed by atoms with E-state index in [9.17, 15) is 2.74 Å². The predicted octanol–water partition coefficient (Wildman–Crippen LogP) is 15.5. The van der Waals surface area contributed by atoms with Crippen molar-refractivity contribution < 1.29 is 12.2 Å². The second kappa shape index (κ2) is 14.7. The van der Waals surface area contributed by atoms with E-state index in [2.05, 4.69) is 188 Å². The first-order valence-corrected chi connectivity index (χ1v) is 23.0. The van der Waals surface area contributed by atoms with Gasteiger partial charge in [0, 0.05) is 37.1 Å². The quantitative estimate of drug-likeness (QED) is 0.173. The van der Waals surface area contributed by atoms with Gasteiger partial charge in [0.15, 0.2) is 5.60 Å². The van der Waals surface area contributed by atoms with Crippen LogP contribution in [-0.4, -0.2) is 16.4 Å². The van der Waals surface area contributed by atoms with Crippen LogP contribution in [0.1, 0.15) is 151 Å². The van der Waals surface area contributed by atoms with Crippen LogP contribution in [0.25, 0.3) is 11.1 Å². The molecule has 5 heteroatoms. The molecule has 0 spiro atoms. The molecule has 2 aliphatic heterocycles. The van der Waals surface area contributed by atoms with Crippen LogP contribution in [0.4, 0.5) is 17.2 Å². The highest BCUT2D eigenvalue weighted by Crippen LogP contribution is 2.55. The maximum Gasteiger partial charge on any atom is 0.217 e. The van der Waals surface area contributed by atoms with Gasteiger partial charge in [0.2, 0.25) is 5.90 Å². The average molecular weight is 852 g/mol. The van der Waals surface area contributed by atoms with Crippen LogP contribution in [0.2, 0.25) is 0 Å². The van der Waals surface area contributed by atoms with Gasteiger partial charge in [-0.25, -0.2) is 9.98 Å². The molecule has 0 fully saturated rings. The molecule has 6 aromatic rings. The van der Waals surface area contributed by atoms with E-state index in [1.165, 1.54) is 38.9 Å². The van der Waals surface area contributed by atoms with Crippen molar-refractivity contribution in [3.8, 4) is 22.6 Å². The second-order valence-corrected chi connectivity index (χ2v) is 22.0. The number of pyridine rings is 1. The van der Waals surface area contributed by atoms with Gasteiger partial charge in [-0.2, -0.15) is 0 Å². The molecule has 5 aromatic carbocycles. The van der Waals surface area contributed by atoms with E-state index in [1.54, 1.807) is 0 Å². The Morgan fingerprint density at radius 1 is 0.688 bits per heavy atom. The highest BCUT2D eigenvalue weighted by Gasteiger charge is 2.57. The number of hydrogen-bond acceptors (Lipinski definition) is 5. The Morgan fingerprint density at radius 3 is 2.05 bits per heavy atom. The van der Waals surface area contributed by atoms with Crippen LogP contribution in [0.15, 0.2) is 96.1 Å². The highest BCUT2D eigenvalue weighted by atomic mass is 16.5. The minimum absolute atomic E-state index is 0.00630. The zero-order chi connectivity index (χ0) is 47.8. The summed E-state index contributed by atoms with van der Waals surface area (Å²) in [6.07, 6.45) is 0.459. The van der Waals surface area contributed by atoms with Gasteiger partial charge in [-0.05, 0) is 183 Å². The Kier molecular flexibility index (Phi) is 9.41. The van der Waals surface area contributed by atoms with E-state index in [0.29, 0.717) is 17.4 Å². The van der Waals surface area contributed by atoms with Gasteiger partial charge in [0.05, 0.1) is 11.4 Å². The molecule has 9 rings (SSSR count). The van der Waals surface area contributed by atoms with E-state index in [1.807, 2.05) is 18.3 Å². The zero-order valence-corrected chi connectivity index (χ0v) is 41.0. The standard InChI is InChI=1S/C59H67N3O2/c1-34-24-36(3)51(37(4)25-34)40-29-41(54-61-58(15)22-21-46-39(6)52(56(10,11)12)38(5)28-48(46)59(58,16)64-54)31-45(30-40)63-44-27-35(2)26-43(33-44)62-50-20-19-42(55(7,8)9)32-49(50)57(13,14)47-18-17-23-60-53(47)62/h17-20,23-33H,21-22H2,1-16H3/t58-,59+/m1/s1/i21D2. The van der Waals surface area contributed by atoms with Crippen LogP contribution >= 0.6 is 0 Å². The number of fused-ring (bicyclic) bond motifs is 5. The number of aromatic nitrogens is 1. The minimum atomic E-state index is -1.62. The van der Waals surface area contributed by atoms with Crippen LogP contribution < -0.4 is 9.64 Å². The lowest BCUT2D eigenvalue weighted by atomic mass is 9.65. The summed E-state index contributed by atoms with van der Waals surface area (Å²) in [5.41, 5.74) is 16.1. The largest absolute Gasteiger partial charge is 0.464 e. The number of benzene rings is 5. The summed E-state index contributed by atoms with van der Waals surface area (Å²) in [7, 11) is 0. The minimum Gasteiger partial charge on any atom is -0.464 e. The molecular formula is C59H67N3O2. The molecule has 64 heavy (non-hydrogen) atoms. The number of aliphatic imine (C=N–C) groups is 1. The number of nitrogens with zero attached hydrogens (tertiary/aromatic N) is 3. The van der Waals surface area contributed by atoms with E-state index in [-0.39, 0.29) is 22.7 Å². The van der Waals surface area contributed by atoms with E-state index < -0.39 is 17.5 Å². The molecular weight excluding hydrogens is 783 g/mol. The van der Waals surface area contributed by atoms with Gasteiger partial charge in [0.25, 0.3) is 0 Å². The molecule has 3 heterocycles. The summed E-state index contributed by atoms with van der Waals surface area (Å²) in [4.78, 5) is 12.7. The first-order chi connectivity index (χ1) is 30.6. The van der Waals surface area contributed by atoms with Gasteiger partial charge in [-0.1, -0.05) is 97.4 Å². The fourth-order valence-corrected chi connectivity index (χ4v) is 11.2.